The van der Waals surface area contributed by atoms with Crippen molar-refractivity contribution in [2.24, 2.45) is 11.8 Å². The molecule has 0 aromatic heterocycles. The lowest BCUT2D eigenvalue weighted by Crippen LogP contribution is -2.57. The van der Waals surface area contributed by atoms with E-state index in [1.165, 1.54) is 18.1 Å². The van der Waals surface area contributed by atoms with Crippen molar-refractivity contribution in [3.63, 3.8) is 0 Å². The van der Waals surface area contributed by atoms with Crippen LogP contribution >= 0.6 is 0 Å². The zero-order chi connectivity index (χ0) is 32.7. The molecule has 3 N–H and O–H groups in total. The molecule has 0 aromatic rings. The minimum atomic E-state index is -2.08. The van der Waals surface area contributed by atoms with Gasteiger partial charge in [-0.25, -0.2) is 4.21 Å². The van der Waals surface area contributed by atoms with Crippen LogP contribution in [0.25, 0.3) is 0 Å². The highest BCUT2D eigenvalue weighted by Gasteiger charge is 2.38. The molecule has 1 fully saturated rings. The van der Waals surface area contributed by atoms with Gasteiger partial charge in [0.2, 0.25) is 24.1 Å². The van der Waals surface area contributed by atoms with E-state index in [4.69, 9.17) is 9.47 Å². The maximum atomic E-state index is 13.7. The third kappa shape index (κ3) is 11.9. The molecule has 244 valence electrons. The zero-order valence-electron chi connectivity index (χ0n) is 26.5. The molecule has 1 heterocycles. The Morgan fingerprint density at radius 2 is 1.84 bits per heavy atom. The number of amides is 3. The van der Waals surface area contributed by atoms with Crippen LogP contribution in [0.5, 0.6) is 0 Å². The van der Waals surface area contributed by atoms with Gasteiger partial charge in [0.05, 0.1) is 17.8 Å². The lowest BCUT2D eigenvalue weighted by atomic mass is 9.99. The Morgan fingerprint density at radius 3 is 2.37 bits per heavy atom. The molecule has 1 aliphatic rings. The highest BCUT2D eigenvalue weighted by atomic mass is 32.2. The van der Waals surface area contributed by atoms with Crippen molar-refractivity contribution in [2.75, 3.05) is 53.2 Å². The van der Waals surface area contributed by atoms with Crippen LogP contribution in [0, 0.1) is 11.8 Å². The van der Waals surface area contributed by atoms with Gasteiger partial charge in [0, 0.05) is 58.8 Å². The number of nitrogens with zero attached hydrogens (tertiary/aromatic N) is 3. The summed E-state index contributed by atoms with van der Waals surface area (Å²) in [6.07, 6.45) is 5.54. The molecule has 0 radical (unpaired) electrons. The van der Waals surface area contributed by atoms with Gasteiger partial charge in [0.15, 0.2) is 11.1 Å². The number of likely N-dealkylation sites (tertiary alicyclic amines) is 1. The van der Waals surface area contributed by atoms with Crippen LogP contribution in [0.1, 0.15) is 40.0 Å². The minimum Gasteiger partial charge on any atom is -0.387 e. The Morgan fingerprint density at radius 1 is 1.16 bits per heavy atom. The standard InChI is InChI=1S/C30H51N5O7S/c1-10-25(14-12-13-16-31-22(5)23(6)41-8)35(18-19-43(39)40)30(42-9)32-28(37)27(21(3)4)33(7)29(38)24-15-17-34(20-24)26(36)11-2/h10-11,14,21,23-24,27,30-31H,1-2,5,12-13,15-20H2,3-4,6-9H3,(H,32,37)(H,39,40)/b25-14+/t23-,24-,27-,30?/m0/s1. The number of hydrogen-bond donors (Lipinski definition) is 3. The second kappa shape index (κ2) is 19.3. The van der Waals surface area contributed by atoms with Crippen molar-refractivity contribution in [1.29, 1.82) is 0 Å². The molecule has 0 saturated carbocycles. The third-order valence-electron chi connectivity index (χ3n) is 7.44. The van der Waals surface area contributed by atoms with Crippen LogP contribution in [-0.2, 0) is 34.9 Å². The molecule has 1 aliphatic heterocycles. The summed E-state index contributed by atoms with van der Waals surface area (Å²) in [7, 11) is 4.62. The van der Waals surface area contributed by atoms with E-state index >= 15 is 0 Å². The predicted molar refractivity (Wildman–Crippen MR) is 169 cm³/mol. The first kappa shape index (κ1) is 38.0. The van der Waals surface area contributed by atoms with Crippen LogP contribution in [0.3, 0.4) is 0 Å². The van der Waals surface area contributed by atoms with Crippen molar-refractivity contribution in [3.05, 3.63) is 49.4 Å². The molecule has 1 rings (SSSR count). The first-order valence-corrected chi connectivity index (χ1v) is 15.7. The van der Waals surface area contributed by atoms with Gasteiger partial charge in [0.1, 0.15) is 6.04 Å². The molecule has 5 atom stereocenters. The molecule has 0 aromatic carbocycles. The number of carbonyl (C=O) groups excluding carboxylic acids is 3. The van der Waals surface area contributed by atoms with Crippen LogP contribution in [-0.4, -0.2) is 113 Å². The summed E-state index contributed by atoms with van der Waals surface area (Å²) in [6, 6.07) is -0.826. The Bertz CT molecular complexity index is 1030. The zero-order valence-corrected chi connectivity index (χ0v) is 27.4. The molecule has 12 nitrogen and oxygen atoms in total. The average Bonchev–Trinajstić information content (AvgIpc) is 3.47. The molecule has 1 saturated heterocycles. The summed E-state index contributed by atoms with van der Waals surface area (Å²) in [4.78, 5) is 43.7. The highest BCUT2D eigenvalue weighted by molar-refractivity contribution is 7.79. The fourth-order valence-corrected chi connectivity index (χ4v) is 5.23. The monoisotopic (exact) mass is 625 g/mol. The van der Waals surface area contributed by atoms with E-state index in [2.05, 4.69) is 30.4 Å². The van der Waals surface area contributed by atoms with Crippen LogP contribution in [0.4, 0.5) is 0 Å². The van der Waals surface area contributed by atoms with E-state index in [0.717, 1.165) is 12.1 Å². The summed E-state index contributed by atoms with van der Waals surface area (Å²) in [5.41, 5.74) is 1.40. The topological polar surface area (TPSA) is 141 Å². The molecule has 3 amide bonds. The average molecular weight is 626 g/mol. The second-order valence-electron chi connectivity index (χ2n) is 10.7. The quantitative estimate of drug-likeness (QED) is 0.0610. The van der Waals surface area contributed by atoms with Crippen molar-refractivity contribution in [1.82, 2.24) is 25.3 Å². The molecule has 0 spiro atoms. The third-order valence-corrected chi connectivity index (χ3v) is 7.97. The Balaban J connectivity index is 3.06. The van der Waals surface area contributed by atoms with E-state index in [1.54, 1.807) is 30.0 Å². The van der Waals surface area contributed by atoms with Gasteiger partial charge in [-0.05, 0) is 44.3 Å². The van der Waals surface area contributed by atoms with E-state index in [1.807, 2.05) is 26.8 Å². The molecule has 0 aliphatic carbocycles. The number of methoxy groups -OCH3 is 2. The summed E-state index contributed by atoms with van der Waals surface area (Å²) >= 11 is -2.08. The number of ether oxygens (including phenoxy) is 2. The van der Waals surface area contributed by atoms with E-state index in [9.17, 15) is 23.1 Å². The summed E-state index contributed by atoms with van der Waals surface area (Å²) in [5.74, 6) is -1.64. The number of unbranched alkanes of at least 4 members (excludes halogenated alkanes) is 1. The van der Waals surface area contributed by atoms with Gasteiger partial charge in [-0.1, -0.05) is 39.7 Å². The second-order valence-corrected chi connectivity index (χ2v) is 11.8. The first-order valence-electron chi connectivity index (χ1n) is 14.5. The van der Waals surface area contributed by atoms with Crippen LogP contribution in [0.15, 0.2) is 49.4 Å². The van der Waals surface area contributed by atoms with Gasteiger partial charge in [-0.3, -0.25) is 14.4 Å². The predicted octanol–water partition coefficient (Wildman–Crippen LogP) is 2.06. The minimum absolute atomic E-state index is 0.0925. The lowest BCUT2D eigenvalue weighted by Gasteiger charge is -2.37. The Kier molecular flexibility index (Phi) is 17.1. The highest BCUT2D eigenvalue weighted by Crippen LogP contribution is 2.22. The van der Waals surface area contributed by atoms with Crippen molar-refractivity contribution < 1.29 is 32.6 Å². The van der Waals surface area contributed by atoms with E-state index < -0.39 is 35.3 Å². The number of hydrogen-bond acceptors (Lipinski definition) is 8. The van der Waals surface area contributed by atoms with Gasteiger partial charge in [-0.15, -0.1) is 0 Å². The summed E-state index contributed by atoms with van der Waals surface area (Å²) in [6.45, 7) is 18.4. The SMILES string of the molecule is C=CC(=O)N1CC[C@H](C(=O)N(C)[C@H](C(=O)NC(OC)N(CCS(=O)O)/C(C=C)=C/CCCNC(=C)[C@H](C)OC)C(C)C)C1. The molecule has 0 bridgehead atoms. The summed E-state index contributed by atoms with van der Waals surface area (Å²) < 4.78 is 32.0. The number of rotatable bonds is 20. The molecule has 13 heteroatoms. The number of likely N-dealkylation sites (N-methyl/N-ethyl adjacent to an activating group) is 1. The maximum Gasteiger partial charge on any atom is 0.246 e. The molecule has 2 unspecified atom stereocenters. The fraction of sp³-hybridized carbons (Fsp3) is 0.633. The van der Waals surface area contributed by atoms with Crippen molar-refractivity contribution in [2.45, 2.75) is 58.5 Å². The number of nitrogens with one attached hydrogen (secondary N) is 2. The maximum absolute atomic E-state index is 13.7. The Hall–Kier alpha value is -3.00. The van der Waals surface area contributed by atoms with Gasteiger partial charge in [-0.2, -0.15) is 0 Å². The van der Waals surface area contributed by atoms with Gasteiger partial charge in [0.25, 0.3) is 0 Å². The smallest absolute Gasteiger partial charge is 0.246 e. The van der Waals surface area contributed by atoms with E-state index in [-0.39, 0.29) is 42.7 Å². The van der Waals surface area contributed by atoms with Crippen molar-refractivity contribution in [3.8, 4) is 0 Å². The first-order chi connectivity index (χ1) is 20.3. The van der Waals surface area contributed by atoms with Crippen LogP contribution in [0.2, 0.25) is 0 Å². The molecule has 43 heavy (non-hydrogen) atoms. The van der Waals surface area contributed by atoms with E-state index in [0.29, 0.717) is 31.6 Å². The lowest BCUT2D eigenvalue weighted by molar-refractivity contribution is -0.147. The number of allylic oxidation sites excluding steroid dienone is 2. The Labute approximate surface area is 259 Å². The van der Waals surface area contributed by atoms with Crippen molar-refractivity contribution >= 4 is 28.8 Å². The van der Waals surface area contributed by atoms with Crippen LogP contribution < -0.4 is 10.6 Å². The fourth-order valence-electron chi connectivity index (χ4n) is 4.88. The van der Waals surface area contributed by atoms with Gasteiger partial charge >= 0.3 is 0 Å². The number of carbonyl (C=O) groups is 3. The molecular weight excluding hydrogens is 574 g/mol. The normalized spacial score (nSPS) is 17.9. The largest absolute Gasteiger partial charge is 0.387 e. The molecular formula is C30H51N5O7S. The van der Waals surface area contributed by atoms with Gasteiger partial charge < -0.3 is 39.4 Å². The summed E-state index contributed by atoms with van der Waals surface area (Å²) in [5, 5.41) is 6.10.